The first kappa shape index (κ1) is 29.1. The normalized spacial score (nSPS) is 20.9. The summed E-state index contributed by atoms with van der Waals surface area (Å²) in [4.78, 5) is 39.0. The Morgan fingerprint density at radius 3 is 2.67 bits per heavy atom. The molecule has 3 heterocycles. The van der Waals surface area contributed by atoms with Crippen LogP contribution in [0, 0.1) is 11.3 Å². The SMILES string of the molecule is CN1C[C@H](F)C[C@H]1COc1nc(C(=O)Nc2cccc3cccc(Cl)c23)c(N)c(N2CCN(C(=O)O)C(CC#N)C2)n1. The summed E-state index contributed by atoms with van der Waals surface area (Å²) < 4.78 is 19.8. The number of nitriles is 1. The molecule has 1 aromatic heterocycles. The molecule has 2 aromatic carbocycles. The summed E-state index contributed by atoms with van der Waals surface area (Å²) in [7, 11) is 1.80. The monoisotopic (exact) mass is 596 g/mol. The van der Waals surface area contributed by atoms with Crippen LogP contribution in [0.4, 0.5) is 26.4 Å². The minimum Gasteiger partial charge on any atom is -0.465 e. The van der Waals surface area contributed by atoms with E-state index in [4.69, 9.17) is 22.1 Å². The Hall–Kier alpha value is -4.41. The Morgan fingerprint density at radius 1 is 1.21 bits per heavy atom. The van der Waals surface area contributed by atoms with Crippen LogP contribution in [-0.4, -0.2) is 95.0 Å². The van der Waals surface area contributed by atoms with Crippen LogP contribution in [0.15, 0.2) is 36.4 Å². The second kappa shape index (κ2) is 12.2. The number of ether oxygens (including phenoxy) is 1. The van der Waals surface area contributed by atoms with E-state index >= 15 is 0 Å². The second-order valence-corrected chi connectivity index (χ2v) is 10.8. The van der Waals surface area contributed by atoms with Crippen molar-refractivity contribution in [2.24, 2.45) is 0 Å². The van der Waals surface area contributed by atoms with E-state index < -0.39 is 24.2 Å². The van der Waals surface area contributed by atoms with Crippen LogP contribution in [0.3, 0.4) is 0 Å². The number of benzene rings is 2. The molecule has 14 heteroatoms. The number of carboxylic acid groups (broad SMARTS) is 1. The summed E-state index contributed by atoms with van der Waals surface area (Å²) in [6.45, 7) is 0.808. The van der Waals surface area contributed by atoms with E-state index in [1.54, 1.807) is 30.1 Å². The molecular formula is C28H30ClFN8O4. The first-order chi connectivity index (χ1) is 20.2. The highest BCUT2D eigenvalue weighted by molar-refractivity contribution is 6.37. The quantitative estimate of drug-likeness (QED) is 0.367. The van der Waals surface area contributed by atoms with Crippen molar-refractivity contribution in [3.05, 3.63) is 47.1 Å². The molecule has 1 unspecified atom stereocenters. The molecule has 3 aromatic rings. The van der Waals surface area contributed by atoms with E-state index in [2.05, 4.69) is 15.3 Å². The third kappa shape index (κ3) is 5.95. The van der Waals surface area contributed by atoms with Crippen LogP contribution in [-0.2, 0) is 0 Å². The fraction of sp³-hybridized carbons (Fsp3) is 0.393. The molecule has 2 saturated heterocycles. The molecule has 0 radical (unpaired) electrons. The highest BCUT2D eigenvalue weighted by Gasteiger charge is 2.34. The van der Waals surface area contributed by atoms with E-state index in [1.165, 1.54) is 4.90 Å². The second-order valence-electron chi connectivity index (χ2n) is 10.4. The first-order valence-electron chi connectivity index (χ1n) is 13.4. The predicted octanol–water partition coefficient (Wildman–Crippen LogP) is 3.62. The van der Waals surface area contributed by atoms with Gasteiger partial charge in [0.15, 0.2) is 11.5 Å². The Morgan fingerprint density at radius 2 is 1.98 bits per heavy atom. The Kier molecular flexibility index (Phi) is 8.46. The number of nitrogen functional groups attached to an aromatic ring is 1. The van der Waals surface area contributed by atoms with Gasteiger partial charge >= 0.3 is 12.1 Å². The summed E-state index contributed by atoms with van der Waals surface area (Å²) in [6.07, 6.45) is -1.84. The van der Waals surface area contributed by atoms with Gasteiger partial charge in [-0.3, -0.25) is 9.69 Å². The van der Waals surface area contributed by atoms with Crippen LogP contribution in [0.2, 0.25) is 5.02 Å². The molecule has 0 saturated carbocycles. The van der Waals surface area contributed by atoms with Crippen LogP contribution in [0.1, 0.15) is 23.3 Å². The number of halogens is 2. The van der Waals surface area contributed by atoms with Crippen molar-refractivity contribution in [1.29, 1.82) is 5.26 Å². The molecule has 42 heavy (non-hydrogen) atoms. The predicted molar refractivity (Wildman–Crippen MR) is 156 cm³/mol. The van der Waals surface area contributed by atoms with Gasteiger partial charge in [-0.05, 0) is 31.0 Å². The lowest BCUT2D eigenvalue weighted by molar-refractivity contribution is 0.102. The number of aromatic nitrogens is 2. The van der Waals surface area contributed by atoms with E-state index in [-0.39, 0.29) is 68.5 Å². The Bertz CT molecular complexity index is 1550. The molecule has 2 aliphatic heterocycles. The van der Waals surface area contributed by atoms with Crippen molar-refractivity contribution in [3.8, 4) is 12.1 Å². The van der Waals surface area contributed by atoms with Gasteiger partial charge in [0.25, 0.3) is 5.91 Å². The number of rotatable bonds is 7. The summed E-state index contributed by atoms with van der Waals surface area (Å²) in [5.41, 5.74) is 6.76. The highest BCUT2D eigenvalue weighted by atomic mass is 35.5. The van der Waals surface area contributed by atoms with E-state index in [9.17, 15) is 24.3 Å². The molecule has 4 N–H and O–H groups in total. The molecule has 2 aliphatic rings. The summed E-state index contributed by atoms with van der Waals surface area (Å²) in [5, 5.41) is 23.7. The number of likely N-dealkylation sites (N-methyl/N-ethyl adjacent to an activating group) is 1. The molecule has 0 spiro atoms. The van der Waals surface area contributed by atoms with Gasteiger partial charge in [0.2, 0.25) is 0 Å². The topological polar surface area (TPSA) is 161 Å². The number of hydrogen-bond donors (Lipinski definition) is 3. The molecule has 3 atom stereocenters. The van der Waals surface area contributed by atoms with E-state index in [0.29, 0.717) is 22.5 Å². The lowest BCUT2D eigenvalue weighted by atomic mass is 10.1. The van der Waals surface area contributed by atoms with Gasteiger partial charge in [0.05, 0.1) is 29.2 Å². The van der Waals surface area contributed by atoms with Crippen LogP contribution >= 0.6 is 11.6 Å². The number of likely N-dealkylation sites (tertiary alicyclic amines) is 1. The number of nitrogens with two attached hydrogens (primary N) is 1. The average Bonchev–Trinajstić information content (AvgIpc) is 3.28. The number of carbonyl (C=O) groups excluding carboxylic acids is 1. The number of nitrogens with one attached hydrogen (secondary N) is 1. The first-order valence-corrected chi connectivity index (χ1v) is 13.8. The Labute approximate surface area is 246 Å². The van der Waals surface area contributed by atoms with Crippen LogP contribution < -0.4 is 20.7 Å². The Balaban J connectivity index is 1.49. The van der Waals surface area contributed by atoms with Crippen molar-refractivity contribution in [1.82, 2.24) is 19.8 Å². The fourth-order valence-corrected chi connectivity index (χ4v) is 5.74. The molecule has 12 nitrogen and oxygen atoms in total. The summed E-state index contributed by atoms with van der Waals surface area (Å²) >= 11 is 6.45. The number of fused-ring (bicyclic) bond motifs is 1. The number of alkyl halides is 1. The molecule has 2 fully saturated rings. The standard InChI is InChI=1S/C28H30ClFN8O4/c1-36-13-17(30)12-19(36)15-42-27-34-24(26(39)33-21-7-3-5-16-4-2-6-20(29)22(16)21)23(32)25(35-27)37-10-11-38(28(40)41)18(14-37)8-9-31/h2-7,17-19H,8,10-15,32H2,1H3,(H,33,39)(H,40,41)/t17-,18?,19+/m1/s1. The average molecular weight is 597 g/mol. The number of anilines is 3. The molecular weight excluding hydrogens is 567 g/mol. The third-order valence-corrected chi connectivity index (χ3v) is 7.93. The number of hydrogen-bond acceptors (Lipinski definition) is 9. The van der Waals surface area contributed by atoms with Gasteiger partial charge in [0.1, 0.15) is 18.5 Å². The number of piperazine rings is 1. The van der Waals surface area contributed by atoms with Gasteiger partial charge in [-0.1, -0.05) is 35.9 Å². The molecule has 220 valence electrons. The zero-order chi connectivity index (χ0) is 30.0. The zero-order valence-electron chi connectivity index (χ0n) is 22.8. The smallest absolute Gasteiger partial charge is 0.407 e. The van der Waals surface area contributed by atoms with Gasteiger partial charge < -0.3 is 30.7 Å². The van der Waals surface area contributed by atoms with E-state index in [0.717, 1.165) is 5.39 Å². The van der Waals surface area contributed by atoms with Crippen molar-refractivity contribution >= 4 is 51.6 Å². The van der Waals surface area contributed by atoms with Gasteiger partial charge in [-0.15, -0.1) is 0 Å². The fourth-order valence-electron chi connectivity index (χ4n) is 5.45. The third-order valence-electron chi connectivity index (χ3n) is 7.62. The lowest BCUT2D eigenvalue weighted by Gasteiger charge is -2.40. The summed E-state index contributed by atoms with van der Waals surface area (Å²) in [6, 6.07) is 11.8. The number of nitrogens with zero attached hydrogens (tertiary/aromatic N) is 6. The minimum atomic E-state index is -1.13. The van der Waals surface area contributed by atoms with Crippen molar-refractivity contribution < 1.29 is 23.8 Å². The number of carbonyl (C=O) groups is 2. The minimum absolute atomic E-state index is 0.0347. The maximum absolute atomic E-state index is 13.9. The molecule has 2 amide bonds. The van der Waals surface area contributed by atoms with E-state index in [1.807, 2.05) is 29.2 Å². The molecule has 0 aliphatic carbocycles. The van der Waals surface area contributed by atoms with Crippen molar-refractivity contribution in [2.75, 3.05) is 55.8 Å². The highest BCUT2D eigenvalue weighted by Crippen LogP contribution is 2.33. The van der Waals surface area contributed by atoms with Crippen molar-refractivity contribution in [3.63, 3.8) is 0 Å². The summed E-state index contributed by atoms with van der Waals surface area (Å²) in [5.74, 6) is -0.454. The van der Waals surface area contributed by atoms with Crippen LogP contribution in [0.5, 0.6) is 6.01 Å². The van der Waals surface area contributed by atoms with Crippen LogP contribution in [0.25, 0.3) is 10.8 Å². The lowest BCUT2D eigenvalue weighted by Crippen LogP contribution is -2.55. The van der Waals surface area contributed by atoms with Crippen molar-refractivity contribution in [2.45, 2.75) is 31.1 Å². The largest absolute Gasteiger partial charge is 0.465 e. The molecule has 5 rings (SSSR count). The maximum atomic E-state index is 13.9. The molecule has 0 bridgehead atoms. The van der Waals surface area contributed by atoms with Gasteiger partial charge in [-0.2, -0.15) is 15.2 Å². The van der Waals surface area contributed by atoms with Gasteiger partial charge in [0, 0.05) is 37.6 Å². The maximum Gasteiger partial charge on any atom is 0.407 e. The number of amides is 2. The zero-order valence-corrected chi connectivity index (χ0v) is 23.6. The van der Waals surface area contributed by atoms with Gasteiger partial charge in [-0.25, -0.2) is 9.18 Å².